The van der Waals surface area contributed by atoms with Crippen LogP contribution in [0.2, 0.25) is 4.34 Å². The van der Waals surface area contributed by atoms with E-state index in [0.29, 0.717) is 6.04 Å². The number of halogens is 2. The zero-order chi connectivity index (χ0) is 12.4. The van der Waals surface area contributed by atoms with E-state index in [-0.39, 0.29) is 0 Å². The molecule has 5 heteroatoms. The molecule has 2 aromatic heterocycles. The van der Waals surface area contributed by atoms with Crippen LogP contribution in [0.15, 0.2) is 22.7 Å². The first-order valence-corrected chi connectivity index (χ1v) is 8.10. The fourth-order valence-corrected chi connectivity index (χ4v) is 4.16. The number of rotatable bonds is 4. The summed E-state index contributed by atoms with van der Waals surface area (Å²) < 4.78 is 1.81. The molecular formula is C12H13BrClNS2. The number of hydrogen-bond donors (Lipinski definition) is 1. The largest absolute Gasteiger partial charge is 0.305 e. The predicted octanol–water partition coefficient (Wildman–Crippen LogP) is 5.38. The van der Waals surface area contributed by atoms with Crippen LogP contribution in [0.1, 0.15) is 27.6 Å². The highest BCUT2D eigenvalue weighted by Crippen LogP contribution is 2.32. The molecule has 0 fully saturated rings. The van der Waals surface area contributed by atoms with E-state index in [0.717, 1.165) is 15.4 Å². The Kier molecular flexibility index (Phi) is 4.66. The van der Waals surface area contributed by atoms with E-state index in [1.165, 1.54) is 14.6 Å². The predicted molar refractivity (Wildman–Crippen MR) is 81.3 cm³/mol. The van der Waals surface area contributed by atoms with E-state index in [1.807, 2.05) is 11.3 Å². The minimum Gasteiger partial charge on any atom is -0.305 e. The molecule has 1 atom stereocenters. The van der Waals surface area contributed by atoms with Gasteiger partial charge in [-0.3, -0.25) is 0 Å². The molecule has 1 N–H and O–H groups in total. The lowest BCUT2D eigenvalue weighted by atomic mass is 10.2. The van der Waals surface area contributed by atoms with Crippen molar-refractivity contribution in [1.29, 1.82) is 0 Å². The second-order valence-electron chi connectivity index (χ2n) is 3.89. The van der Waals surface area contributed by atoms with Gasteiger partial charge in [-0.15, -0.1) is 22.7 Å². The van der Waals surface area contributed by atoms with Crippen molar-refractivity contribution in [3.05, 3.63) is 41.6 Å². The summed E-state index contributed by atoms with van der Waals surface area (Å²) in [4.78, 5) is 3.99. The van der Waals surface area contributed by atoms with Crippen molar-refractivity contribution >= 4 is 50.2 Å². The minimum atomic E-state index is 0.383. The molecule has 1 nitrogen and oxygen atoms in total. The molecule has 0 saturated heterocycles. The maximum absolute atomic E-state index is 6.01. The summed E-state index contributed by atoms with van der Waals surface area (Å²) in [5.41, 5.74) is 0. The van der Waals surface area contributed by atoms with Crippen molar-refractivity contribution in [3.8, 4) is 0 Å². The topological polar surface area (TPSA) is 12.0 Å². The Morgan fingerprint density at radius 3 is 2.71 bits per heavy atom. The van der Waals surface area contributed by atoms with Gasteiger partial charge < -0.3 is 5.32 Å². The molecular weight excluding hydrogens is 338 g/mol. The fraction of sp³-hybridized carbons (Fsp3) is 0.333. The van der Waals surface area contributed by atoms with Crippen LogP contribution < -0.4 is 5.32 Å². The molecule has 2 heterocycles. The third-order valence-electron chi connectivity index (χ3n) is 2.47. The normalized spacial score (nSPS) is 12.9. The molecule has 1 unspecified atom stereocenters. The number of hydrogen-bond acceptors (Lipinski definition) is 3. The zero-order valence-electron chi connectivity index (χ0n) is 9.59. The summed E-state index contributed by atoms with van der Waals surface area (Å²) in [5, 5.41) is 3.51. The van der Waals surface area contributed by atoms with Gasteiger partial charge in [-0.05, 0) is 48.0 Å². The van der Waals surface area contributed by atoms with Gasteiger partial charge in [0.2, 0.25) is 0 Å². The molecule has 0 aliphatic heterocycles. The lowest BCUT2D eigenvalue weighted by molar-refractivity contribution is 0.587. The number of thiophene rings is 2. The van der Waals surface area contributed by atoms with Gasteiger partial charge >= 0.3 is 0 Å². The summed E-state index contributed by atoms with van der Waals surface area (Å²) >= 11 is 12.9. The van der Waals surface area contributed by atoms with Crippen LogP contribution in [0.5, 0.6) is 0 Å². The van der Waals surface area contributed by atoms with Crippen molar-refractivity contribution < 1.29 is 0 Å². The summed E-state index contributed by atoms with van der Waals surface area (Å²) in [7, 11) is 0. The molecule has 0 spiro atoms. The standard InChI is InChI=1S/C12H13BrClNS2/c1-7-3-4-11(16-7)8(2)15-6-9-5-10(13)12(14)17-9/h3-5,8,15H,6H2,1-2H3. The molecule has 0 aliphatic rings. The van der Waals surface area contributed by atoms with Gasteiger partial charge in [-0.1, -0.05) is 11.6 Å². The van der Waals surface area contributed by atoms with E-state index in [1.54, 1.807) is 11.3 Å². The third kappa shape index (κ3) is 3.55. The highest BCUT2D eigenvalue weighted by Gasteiger charge is 2.09. The summed E-state index contributed by atoms with van der Waals surface area (Å²) in [6, 6.07) is 6.81. The van der Waals surface area contributed by atoms with E-state index >= 15 is 0 Å². The molecule has 0 aromatic carbocycles. The van der Waals surface area contributed by atoms with Gasteiger partial charge in [0.25, 0.3) is 0 Å². The van der Waals surface area contributed by atoms with Crippen LogP contribution >= 0.6 is 50.2 Å². The lowest BCUT2D eigenvalue weighted by Crippen LogP contribution is -2.16. The molecule has 0 bridgehead atoms. The number of aryl methyl sites for hydroxylation is 1. The monoisotopic (exact) mass is 349 g/mol. The Bertz CT molecular complexity index is 487. The zero-order valence-corrected chi connectivity index (χ0v) is 13.6. The van der Waals surface area contributed by atoms with Crippen LogP contribution in [0, 0.1) is 6.92 Å². The van der Waals surface area contributed by atoms with Crippen molar-refractivity contribution in [3.63, 3.8) is 0 Å². The molecule has 17 heavy (non-hydrogen) atoms. The van der Waals surface area contributed by atoms with E-state index in [4.69, 9.17) is 11.6 Å². The molecule has 92 valence electrons. The summed E-state index contributed by atoms with van der Waals surface area (Å²) in [6.07, 6.45) is 0. The van der Waals surface area contributed by atoms with Gasteiger partial charge in [-0.2, -0.15) is 0 Å². The van der Waals surface area contributed by atoms with E-state index < -0.39 is 0 Å². The second-order valence-corrected chi connectivity index (χ2v) is 7.80. The molecule has 0 saturated carbocycles. The van der Waals surface area contributed by atoms with Crippen molar-refractivity contribution in [2.75, 3.05) is 0 Å². The van der Waals surface area contributed by atoms with E-state index in [2.05, 4.69) is 53.3 Å². The van der Waals surface area contributed by atoms with Gasteiger partial charge in [0, 0.05) is 31.7 Å². The highest BCUT2D eigenvalue weighted by atomic mass is 79.9. The molecule has 2 rings (SSSR count). The Morgan fingerprint density at radius 1 is 1.41 bits per heavy atom. The molecule has 2 aromatic rings. The van der Waals surface area contributed by atoms with Gasteiger partial charge in [0.05, 0.1) is 0 Å². The van der Waals surface area contributed by atoms with Crippen molar-refractivity contribution in [1.82, 2.24) is 5.32 Å². The average molecular weight is 351 g/mol. The minimum absolute atomic E-state index is 0.383. The summed E-state index contributed by atoms with van der Waals surface area (Å²) in [5.74, 6) is 0. The Labute approximate surface area is 123 Å². The van der Waals surface area contributed by atoms with Crippen molar-refractivity contribution in [2.24, 2.45) is 0 Å². The van der Waals surface area contributed by atoms with Crippen LogP contribution in [0.3, 0.4) is 0 Å². The van der Waals surface area contributed by atoms with Crippen LogP contribution in [0.25, 0.3) is 0 Å². The van der Waals surface area contributed by atoms with Crippen LogP contribution in [0.4, 0.5) is 0 Å². The molecule has 0 aliphatic carbocycles. The van der Waals surface area contributed by atoms with Gasteiger partial charge in [0.1, 0.15) is 4.34 Å². The lowest BCUT2D eigenvalue weighted by Gasteiger charge is -2.10. The maximum Gasteiger partial charge on any atom is 0.107 e. The maximum atomic E-state index is 6.01. The second kappa shape index (κ2) is 5.85. The van der Waals surface area contributed by atoms with Crippen molar-refractivity contribution in [2.45, 2.75) is 26.4 Å². The first-order valence-electron chi connectivity index (χ1n) is 5.29. The fourth-order valence-electron chi connectivity index (χ4n) is 1.52. The smallest absolute Gasteiger partial charge is 0.107 e. The van der Waals surface area contributed by atoms with E-state index in [9.17, 15) is 0 Å². The Balaban J connectivity index is 1.94. The first-order chi connectivity index (χ1) is 8.06. The Morgan fingerprint density at radius 2 is 2.18 bits per heavy atom. The van der Waals surface area contributed by atoms with Crippen LogP contribution in [-0.4, -0.2) is 0 Å². The first kappa shape index (κ1) is 13.6. The van der Waals surface area contributed by atoms with Gasteiger partial charge in [-0.25, -0.2) is 0 Å². The SMILES string of the molecule is Cc1ccc(C(C)NCc2cc(Br)c(Cl)s2)s1. The molecule has 0 radical (unpaired) electrons. The summed E-state index contributed by atoms with van der Waals surface area (Å²) in [6.45, 7) is 5.18. The van der Waals surface area contributed by atoms with Crippen LogP contribution in [-0.2, 0) is 6.54 Å². The number of nitrogens with one attached hydrogen (secondary N) is 1. The molecule has 0 amide bonds. The third-order valence-corrected chi connectivity index (χ3v) is 6.12. The highest BCUT2D eigenvalue weighted by molar-refractivity contribution is 9.10. The average Bonchev–Trinajstić information content (AvgIpc) is 2.83. The van der Waals surface area contributed by atoms with Gasteiger partial charge in [0.15, 0.2) is 0 Å². The quantitative estimate of drug-likeness (QED) is 0.780. The Hall–Kier alpha value is 0.130.